The Morgan fingerprint density at radius 2 is 2.28 bits per heavy atom. The van der Waals surface area contributed by atoms with E-state index in [1.165, 1.54) is 6.42 Å². The van der Waals surface area contributed by atoms with Crippen LogP contribution in [0.5, 0.6) is 0 Å². The fraction of sp³-hybridized carbons (Fsp3) is 0.462. The van der Waals surface area contributed by atoms with Gasteiger partial charge in [0, 0.05) is 11.6 Å². The van der Waals surface area contributed by atoms with Crippen LogP contribution in [0.15, 0.2) is 18.2 Å². The highest BCUT2D eigenvalue weighted by Gasteiger charge is 2.15. The number of rotatable bonds is 3. The zero-order chi connectivity index (χ0) is 13.0. The maximum atomic E-state index is 12.0. The number of benzene rings is 1. The van der Waals surface area contributed by atoms with Gasteiger partial charge in [0.15, 0.2) is 0 Å². The number of halogens is 2. The van der Waals surface area contributed by atoms with Crippen molar-refractivity contribution in [1.82, 2.24) is 10.6 Å². The number of nitrogens with one attached hydrogen (secondary N) is 2. The standard InChI is InChI=1S/C13H16Cl2N2O/c14-10-3-4-11(12(15)6-10)13(18)17-8-9-2-1-5-16-7-9/h3-4,6,9,16H,1-2,5,7-8H2,(H,17,18). The minimum atomic E-state index is -0.137. The monoisotopic (exact) mass is 286 g/mol. The Balaban J connectivity index is 1.90. The first-order valence-corrected chi connectivity index (χ1v) is 6.86. The second-order valence-electron chi connectivity index (χ2n) is 4.55. The minimum absolute atomic E-state index is 0.137. The van der Waals surface area contributed by atoms with Crippen molar-refractivity contribution in [2.24, 2.45) is 5.92 Å². The molecule has 0 aliphatic carbocycles. The fourth-order valence-electron chi connectivity index (χ4n) is 2.10. The van der Waals surface area contributed by atoms with Crippen molar-refractivity contribution in [2.45, 2.75) is 12.8 Å². The molecule has 0 aromatic heterocycles. The highest BCUT2D eigenvalue weighted by molar-refractivity contribution is 6.36. The van der Waals surface area contributed by atoms with Gasteiger partial charge in [0.05, 0.1) is 10.6 Å². The van der Waals surface area contributed by atoms with Crippen molar-refractivity contribution in [3.05, 3.63) is 33.8 Å². The van der Waals surface area contributed by atoms with Gasteiger partial charge in [-0.2, -0.15) is 0 Å². The molecule has 1 fully saturated rings. The molecule has 5 heteroatoms. The molecule has 1 aliphatic heterocycles. The predicted molar refractivity (Wildman–Crippen MR) is 74.4 cm³/mol. The lowest BCUT2D eigenvalue weighted by molar-refractivity contribution is 0.0945. The smallest absolute Gasteiger partial charge is 0.252 e. The Bertz CT molecular complexity index is 431. The number of carbonyl (C=O) groups excluding carboxylic acids is 1. The first-order chi connectivity index (χ1) is 8.66. The van der Waals surface area contributed by atoms with Crippen molar-refractivity contribution in [1.29, 1.82) is 0 Å². The molecule has 1 heterocycles. The summed E-state index contributed by atoms with van der Waals surface area (Å²) in [5.41, 5.74) is 0.477. The Morgan fingerprint density at radius 1 is 1.44 bits per heavy atom. The first-order valence-electron chi connectivity index (χ1n) is 6.11. The van der Waals surface area contributed by atoms with Gasteiger partial charge in [0.1, 0.15) is 0 Å². The normalized spacial score (nSPS) is 19.6. The van der Waals surface area contributed by atoms with Crippen LogP contribution >= 0.6 is 23.2 Å². The van der Waals surface area contributed by atoms with Gasteiger partial charge in [-0.15, -0.1) is 0 Å². The van der Waals surface area contributed by atoms with Crippen molar-refractivity contribution in [3.8, 4) is 0 Å². The van der Waals surface area contributed by atoms with Crippen LogP contribution in [0, 0.1) is 5.92 Å². The lowest BCUT2D eigenvalue weighted by Gasteiger charge is -2.22. The van der Waals surface area contributed by atoms with Gasteiger partial charge < -0.3 is 10.6 Å². The molecule has 1 unspecified atom stereocenters. The maximum Gasteiger partial charge on any atom is 0.252 e. The molecule has 1 amide bonds. The molecule has 1 aromatic carbocycles. The van der Waals surface area contributed by atoms with Gasteiger partial charge in [-0.25, -0.2) is 0 Å². The number of hydrogen-bond donors (Lipinski definition) is 2. The van der Waals surface area contributed by atoms with Crippen molar-refractivity contribution >= 4 is 29.1 Å². The lowest BCUT2D eigenvalue weighted by atomic mass is 10.00. The summed E-state index contributed by atoms with van der Waals surface area (Å²) in [7, 11) is 0. The summed E-state index contributed by atoms with van der Waals surface area (Å²) in [6.45, 7) is 2.73. The summed E-state index contributed by atoms with van der Waals surface area (Å²) in [5, 5.41) is 7.17. The van der Waals surface area contributed by atoms with Crippen LogP contribution in [0.2, 0.25) is 10.0 Å². The molecule has 2 rings (SSSR count). The Labute approximate surface area is 117 Å². The second kappa shape index (κ2) is 6.41. The largest absolute Gasteiger partial charge is 0.352 e. The summed E-state index contributed by atoms with van der Waals surface area (Å²) in [4.78, 5) is 12.0. The topological polar surface area (TPSA) is 41.1 Å². The van der Waals surface area contributed by atoms with E-state index in [1.54, 1.807) is 18.2 Å². The van der Waals surface area contributed by atoms with Crippen LogP contribution in [-0.2, 0) is 0 Å². The van der Waals surface area contributed by atoms with E-state index >= 15 is 0 Å². The fourth-order valence-corrected chi connectivity index (χ4v) is 2.60. The average Bonchev–Trinajstić information content (AvgIpc) is 2.37. The van der Waals surface area contributed by atoms with Gasteiger partial charge >= 0.3 is 0 Å². The van der Waals surface area contributed by atoms with Gasteiger partial charge in [0.2, 0.25) is 0 Å². The van der Waals surface area contributed by atoms with Gasteiger partial charge in [-0.05, 0) is 50.0 Å². The summed E-state index contributed by atoms with van der Waals surface area (Å²) in [6, 6.07) is 4.91. The SMILES string of the molecule is O=C(NCC1CCCNC1)c1ccc(Cl)cc1Cl. The third-order valence-corrected chi connectivity index (χ3v) is 3.67. The minimum Gasteiger partial charge on any atom is -0.352 e. The van der Waals surface area contributed by atoms with Gasteiger partial charge in [-0.1, -0.05) is 23.2 Å². The summed E-state index contributed by atoms with van der Waals surface area (Å²) in [6.07, 6.45) is 2.32. The molecule has 98 valence electrons. The molecule has 2 N–H and O–H groups in total. The van der Waals surface area contributed by atoms with Crippen LogP contribution in [0.25, 0.3) is 0 Å². The Hall–Kier alpha value is -0.770. The van der Waals surface area contributed by atoms with Crippen LogP contribution in [0.3, 0.4) is 0 Å². The molecule has 1 atom stereocenters. The summed E-state index contributed by atoms with van der Waals surface area (Å²) in [5.74, 6) is 0.371. The third-order valence-electron chi connectivity index (χ3n) is 3.13. The van der Waals surface area contributed by atoms with Crippen molar-refractivity contribution in [2.75, 3.05) is 19.6 Å². The molecule has 1 aliphatic rings. The average molecular weight is 287 g/mol. The highest BCUT2D eigenvalue weighted by Crippen LogP contribution is 2.21. The van der Waals surface area contributed by atoms with Crippen LogP contribution < -0.4 is 10.6 Å². The molecule has 1 aromatic rings. The molecular formula is C13H16Cl2N2O. The maximum absolute atomic E-state index is 12.0. The quantitative estimate of drug-likeness (QED) is 0.897. The third kappa shape index (κ3) is 3.61. The van der Waals surface area contributed by atoms with Crippen LogP contribution in [-0.4, -0.2) is 25.5 Å². The number of piperidine rings is 1. The van der Waals surface area contributed by atoms with E-state index in [0.29, 0.717) is 28.1 Å². The molecule has 0 radical (unpaired) electrons. The first kappa shape index (κ1) is 13.7. The highest BCUT2D eigenvalue weighted by atomic mass is 35.5. The zero-order valence-corrected chi connectivity index (χ0v) is 11.5. The predicted octanol–water partition coefficient (Wildman–Crippen LogP) is 2.72. The number of amides is 1. The molecular weight excluding hydrogens is 271 g/mol. The molecule has 1 saturated heterocycles. The number of hydrogen-bond acceptors (Lipinski definition) is 2. The van der Waals surface area contributed by atoms with E-state index in [1.807, 2.05) is 0 Å². The Morgan fingerprint density at radius 3 is 2.94 bits per heavy atom. The number of carbonyl (C=O) groups is 1. The lowest BCUT2D eigenvalue weighted by Crippen LogP contribution is -2.38. The van der Waals surface area contributed by atoms with E-state index in [9.17, 15) is 4.79 Å². The molecule has 0 saturated carbocycles. The molecule has 3 nitrogen and oxygen atoms in total. The summed E-state index contributed by atoms with van der Waals surface area (Å²) >= 11 is 11.8. The van der Waals surface area contributed by atoms with Gasteiger partial charge in [-0.3, -0.25) is 4.79 Å². The van der Waals surface area contributed by atoms with Crippen molar-refractivity contribution < 1.29 is 4.79 Å². The Kier molecular flexibility index (Phi) is 4.87. The van der Waals surface area contributed by atoms with Crippen LogP contribution in [0.1, 0.15) is 23.2 Å². The van der Waals surface area contributed by atoms with E-state index < -0.39 is 0 Å². The van der Waals surface area contributed by atoms with E-state index in [0.717, 1.165) is 19.5 Å². The molecule has 0 spiro atoms. The zero-order valence-electron chi connectivity index (χ0n) is 10.0. The van der Waals surface area contributed by atoms with E-state index in [-0.39, 0.29) is 5.91 Å². The van der Waals surface area contributed by atoms with E-state index in [4.69, 9.17) is 23.2 Å². The molecule has 0 bridgehead atoms. The summed E-state index contributed by atoms with van der Waals surface area (Å²) < 4.78 is 0. The van der Waals surface area contributed by atoms with Crippen LogP contribution in [0.4, 0.5) is 0 Å². The van der Waals surface area contributed by atoms with Gasteiger partial charge in [0.25, 0.3) is 5.91 Å². The van der Waals surface area contributed by atoms with Crippen molar-refractivity contribution in [3.63, 3.8) is 0 Å². The van der Waals surface area contributed by atoms with E-state index in [2.05, 4.69) is 10.6 Å². The molecule has 18 heavy (non-hydrogen) atoms. The second-order valence-corrected chi connectivity index (χ2v) is 5.39.